The number of carbonyl (C=O) groups excluding carboxylic acids is 1. The van der Waals surface area contributed by atoms with Gasteiger partial charge in [-0.25, -0.2) is 0 Å². The van der Waals surface area contributed by atoms with Crippen LogP contribution in [0.4, 0.5) is 5.69 Å². The highest BCUT2D eigenvalue weighted by atomic mass is 16.1. The first-order chi connectivity index (χ1) is 8.33. The number of amides is 1. The number of hydrogen-bond donors (Lipinski definition) is 2. The van der Waals surface area contributed by atoms with Crippen LogP contribution < -0.4 is 10.6 Å². The quantitative estimate of drug-likeness (QED) is 0.862. The molecular weight excluding hydrogens is 226 g/mol. The maximum absolute atomic E-state index is 12.0. The van der Waals surface area contributed by atoms with Crippen LogP contribution in [0.1, 0.15) is 43.2 Å². The highest BCUT2D eigenvalue weighted by Crippen LogP contribution is 2.18. The van der Waals surface area contributed by atoms with Gasteiger partial charge in [-0.05, 0) is 24.8 Å². The van der Waals surface area contributed by atoms with E-state index in [0.29, 0.717) is 12.1 Å². The van der Waals surface area contributed by atoms with E-state index in [-0.39, 0.29) is 11.3 Å². The normalized spacial score (nSPS) is 11.2. The Morgan fingerprint density at radius 3 is 2.61 bits per heavy atom. The molecule has 0 saturated carbocycles. The number of nitrogens with one attached hydrogen (secondary N) is 2. The second-order valence-corrected chi connectivity index (χ2v) is 5.69. The monoisotopic (exact) mass is 249 g/mol. The van der Waals surface area contributed by atoms with Crippen molar-refractivity contribution >= 4 is 11.6 Å². The lowest BCUT2D eigenvalue weighted by molar-refractivity contribution is 0.0950. The van der Waals surface area contributed by atoms with Crippen LogP contribution in [0.3, 0.4) is 0 Å². The molecule has 18 heavy (non-hydrogen) atoms. The standard InChI is InChI=1S/C14H23N3O/c1-10-8-12(15-5)11(9-17-10)13(18)16-7-6-14(2,3)4/h8-9H,6-7H2,1-5H3,(H,15,17)(H,16,18). The Morgan fingerprint density at radius 1 is 1.39 bits per heavy atom. The Kier molecular flexibility index (Phi) is 4.70. The van der Waals surface area contributed by atoms with Crippen LogP contribution in [0.25, 0.3) is 0 Å². The average Bonchev–Trinajstić information content (AvgIpc) is 2.26. The third kappa shape index (κ3) is 4.35. The van der Waals surface area contributed by atoms with E-state index in [0.717, 1.165) is 17.8 Å². The van der Waals surface area contributed by atoms with Crippen LogP contribution in [0.5, 0.6) is 0 Å². The minimum atomic E-state index is -0.0731. The SMILES string of the molecule is CNc1cc(C)ncc1C(=O)NCCC(C)(C)C. The van der Waals surface area contributed by atoms with Crippen molar-refractivity contribution in [2.75, 3.05) is 18.9 Å². The van der Waals surface area contributed by atoms with Gasteiger partial charge in [0.15, 0.2) is 0 Å². The summed E-state index contributed by atoms with van der Waals surface area (Å²) in [5, 5.41) is 5.95. The van der Waals surface area contributed by atoms with E-state index in [4.69, 9.17) is 0 Å². The number of rotatable bonds is 4. The summed E-state index contributed by atoms with van der Waals surface area (Å²) in [4.78, 5) is 16.2. The molecule has 0 fully saturated rings. The van der Waals surface area contributed by atoms with Gasteiger partial charge in [-0.15, -0.1) is 0 Å². The summed E-state index contributed by atoms with van der Waals surface area (Å²) >= 11 is 0. The first-order valence-electron chi connectivity index (χ1n) is 6.26. The minimum absolute atomic E-state index is 0.0731. The van der Waals surface area contributed by atoms with Crippen LogP contribution in [0, 0.1) is 12.3 Å². The van der Waals surface area contributed by atoms with Gasteiger partial charge in [-0.2, -0.15) is 0 Å². The summed E-state index contributed by atoms with van der Waals surface area (Å²) in [7, 11) is 1.81. The molecule has 0 saturated heterocycles. The summed E-state index contributed by atoms with van der Waals surface area (Å²) in [5.41, 5.74) is 2.53. The Bertz CT molecular complexity index is 422. The summed E-state index contributed by atoms with van der Waals surface area (Å²) in [6.07, 6.45) is 2.57. The molecule has 0 atom stereocenters. The molecule has 0 bridgehead atoms. The highest BCUT2D eigenvalue weighted by molar-refractivity contribution is 5.99. The first kappa shape index (κ1) is 14.5. The molecule has 1 aromatic heterocycles. The maximum atomic E-state index is 12.0. The Balaban J connectivity index is 2.67. The number of carbonyl (C=O) groups is 1. The first-order valence-corrected chi connectivity index (χ1v) is 6.26. The van der Waals surface area contributed by atoms with Gasteiger partial charge in [0, 0.05) is 25.5 Å². The smallest absolute Gasteiger partial charge is 0.254 e. The predicted octanol–water partition coefficient (Wildman–Crippen LogP) is 2.60. The Morgan fingerprint density at radius 2 is 2.06 bits per heavy atom. The number of aryl methyl sites for hydroxylation is 1. The van der Waals surface area contributed by atoms with Crippen LogP contribution in [0.2, 0.25) is 0 Å². The molecule has 4 nitrogen and oxygen atoms in total. The van der Waals surface area contributed by atoms with Crippen molar-refractivity contribution in [3.63, 3.8) is 0 Å². The highest BCUT2D eigenvalue weighted by Gasteiger charge is 2.13. The van der Waals surface area contributed by atoms with Crippen molar-refractivity contribution in [3.05, 3.63) is 23.5 Å². The Labute approximate surface area is 109 Å². The second kappa shape index (κ2) is 5.85. The van der Waals surface area contributed by atoms with Crippen molar-refractivity contribution < 1.29 is 4.79 Å². The van der Waals surface area contributed by atoms with Gasteiger partial charge >= 0.3 is 0 Å². The molecule has 1 rings (SSSR count). The van der Waals surface area contributed by atoms with Gasteiger partial charge in [-0.1, -0.05) is 20.8 Å². The molecule has 0 unspecified atom stereocenters. The van der Waals surface area contributed by atoms with Crippen LogP contribution in [-0.2, 0) is 0 Å². The lowest BCUT2D eigenvalue weighted by Crippen LogP contribution is -2.28. The van der Waals surface area contributed by atoms with Crippen LogP contribution >= 0.6 is 0 Å². The number of pyridine rings is 1. The molecule has 4 heteroatoms. The molecule has 0 aliphatic carbocycles. The van der Waals surface area contributed by atoms with E-state index in [1.165, 1.54) is 0 Å². The number of hydrogen-bond acceptors (Lipinski definition) is 3. The molecule has 1 heterocycles. The van der Waals surface area contributed by atoms with E-state index in [9.17, 15) is 4.79 Å². The fourth-order valence-corrected chi connectivity index (χ4v) is 1.59. The molecule has 100 valence electrons. The average molecular weight is 249 g/mol. The van der Waals surface area contributed by atoms with Crippen molar-refractivity contribution in [2.24, 2.45) is 5.41 Å². The molecule has 2 N–H and O–H groups in total. The van der Waals surface area contributed by atoms with Crippen LogP contribution in [-0.4, -0.2) is 24.5 Å². The van der Waals surface area contributed by atoms with Gasteiger partial charge < -0.3 is 10.6 Å². The van der Waals surface area contributed by atoms with E-state index in [2.05, 4.69) is 36.4 Å². The van der Waals surface area contributed by atoms with Gasteiger partial charge in [0.2, 0.25) is 0 Å². The molecule has 0 aromatic carbocycles. The zero-order valence-corrected chi connectivity index (χ0v) is 11.9. The lowest BCUT2D eigenvalue weighted by atomic mass is 9.92. The van der Waals surface area contributed by atoms with Crippen molar-refractivity contribution in [2.45, 2.75) is 34.1 Å². The van der Waals surface area contributed by atoms with Gasteiger partial charge in [0.25, 0.3) is 5.91 Å². The molecule has 0 aliphatic rings. The summed E-state index contributed by atoms with van der Waals surface area (Å²) in [6.45, 7) is 9.06. The summed E-state index contributed by atoms with van der Waals surface area (Å²) < 4.78 is 0. The van der Waals surface area contributed by atoms with E-state index >= 15 is 0 Å². The van der Waals surface area contributed by atoms with E-state index < -0.39 is 0 Å². The van der Waals surface area contributed by atoms with Crippen LogP contribution in [0.15, 0.2) is 12.3 Å². The van der Waals surface area contributed by atoms with E-state index in [1.807, 2.05) is 13.0 Å². The molecular formula is C14H23N3O. The van der Waals surface area contributed by atoms with Gasteiger partial charge in [0.1, 0.15) is 0 Å². The molecule has 0 radical (unpaired) electrons. The minimum Gasteiger partial charge on any atom is -0.387 e. The zero-order chi connectivity index (χ0) is 13.8. The third-order valence-electron chi connectivity index (χ3n) is 2.72. The van der Waals surface area contributed by atoms with Crippen molar-refractivity contribution in [3.8, 4) is 0 Å². The number of anilines is 1. The van der Waals surface area contributed by atoms with Gasteiger partial charge in [0.05, 0.1) is 11.3 Å². The largest absolute Gasteiger partial charge is 0.387 e. The topological polar surface area (TPSA) is 54.0 Å². The summed E-state index contributed by atoms with van der Waals surface area (Å²) in [6, 6.07) is 1.87. The molecule has 1 amide bonds. The number of aromatic nitrogens is 1. The maximum Gasteiger partial charge on any atom is 0.254 e. The van der Waals surface area contributed by atoms with Crippen molar-refractivity contribution in [1.29, 1.82) is 0 Å². The van der Waals surface area contributed by atoms with Gasteiger partial charge in [-0.3, -0.25) is 9.78 Å². The van der Waals surface area contributed by atoms with Crippen molar-refractivity contribution in [1.82, 2.24) is 10.3 Å². The summed E-state index contributed by atoms with van der Waals surface area (Å²) in [5.74, 6) is -0.0731. The Hall–Kier alpha value is -1.58. The lowest BCUT2D eigenvalue weighted by Gasteiger charge is -2.18. The number of nitrogens with zero attached hydrogens (tertiary/aromatic N) is 1. The predicted molar refractivity (Wildman–Crippen MR) is 74.9 cm³/mol. The van der Waals surface area contributed by atoms with E-state index in [1.54, 1.807) is 13.2 Å². The second-order valence-electron chi connectivity index (χ2n) is 5.69. The molecule has 0 spiro atoms. The molecule has 0 aliphatic heterocycles. The fraction of sp³-hybridized carbons (Fsp3) is 0.571. The third-order valence-corrected chi connectivity index (χ3v) is 2.72. The fourth-order valence-electron chi connectivity index (χ4n) is 1.59. The molecule has 1 aromatic rings. The zero-order valence-electron chi connectivity index (χ0n) is 11.9.